The number of terminal acetylenes is 1. The quantitative estimate of drug-likeness (QED) is 0.459. The molecule has 5 heteroatoms. The maximum Gasteiger partial charge on any atom is 0.341 e. The minimum absolute atomic E-state index is 0.301. The van der Waals surface area contributed by atoms with Gasteiger partial charge in [-0.3, -0.25) is 4.68 Å². The number of carbonyl (C=O) groups excluding carboxylic acids is 1. The molecule has 0 amide bonds. The Balaban J connectivity index is 1.82. The third-order valence-electron chi connectivity index (χ3n) is 3.73. The van der Waals surface area contributed by atoms with Crippen LogP contribution in [0, 0.1) is 12.3 Å². The first-order chi connectivity index (χ1) is 10.2. The lowest BCUT2D eigenvalue weighted by atomic mass is 9.93. The minimum atomic E-state index is -0.310. The standard InChI is InChI=1S/C16H22N2O3/c1-3-5-10-21-15-8-6-14(7-9-15)18-12-13(11-17-18)16(19)20-4-2/h1,11-12,14-15H,4-10H2,2H3. The topological polar surface area (TPSA) is 53.4 Å². The molecule has 0 aromatic carbocycles. The summed E-state index contributed by atoms with van der Waals surface area (Å²) in [5, 5.41) is 4.29. The first-order valence-corrected chi connectivity index (χ1v) is 7.51. The van der Waals surface area contributed by atoms with Gasteiger partial charge in [-0.1, -0.05) is 0 Å². The van der Waals surface area contributed by atoms with Crippen molar-refractivity contribution < 1.29 is 14.3 Å². The third kappa shape index (κ3) is 4.33. The zero-order chi connectivity index (χ0) is 15.1. The zero-order valence-corrected chi connectivity index (χ0v) is 12.5. The Morgan fingerprint density at radius 1 is 1.48 bits per heavy atom. The molecule has 21 heavy (non-hydrogen) atoms. The first-order valence-electron chi connectivity index (χ1n) is 7.51. The van der Waals surface area contributed by atoms with Gasteiger partial charge in [-0.15, -0.1) is 12.3 Å². The summed E-state index contributed by atoms with van der Waals surface area (Å²) >= 11 is 0. The number of hydrogen-bond donors (Lipinski definition) is 0. The van der Waals surface area contributed by atoms with E-state index < -0.39 is 0 Å². The molecule has 1 aromatic rings. The van der Waals surface area contributed by atoms with Gasteiger partial charge >= 0.3 is 5.97 Å². The van der Waals surface area contributed by atoms with Crippen molar-refractivity contribution >= 4 is 5.97 Å². The normalized spacial score (nSPS) is 21.7. The minimum Gasteiger partial charge on any atom is -0.462 e. The number of carbonyl (C=O) groups is 1. The molecule has 1 heterocycles. The van der Waals surface area contributed by atoms with E-state index in [2.05, 4.69) is 11.0 Å². The number of aromatic nitrogens is 2. The van der Waals surface area contributed by atoms with E-state index in [0.717, 1.165) is 25.7 Å². The van der Waals surface area contributed by atoms with Crippen molar-refractivity contribution in [2.45, 2.75) is 51.2 Å². The fourth-order valence-corrected chi connectivity index (χ4v) is 2.62. The van der Waals surface area contributed by atoms with Crippen molar-refractivity contribution in [2.75, 3.05) is 13.2 Å². The summed E-state index contributed by atoms with van der Waals surface area (Å²) in [5.41, 5.74) is 0.518. The van der Waals surface area contributed by atoms with E-state index in [9.17, 15) is 4.79 Å². The second kappa shape index (κ2) is 7.84. The summed E-state index contributed by atoms with van der Waals surface area (Å²) in [6, 6.07) is 0.334. The Morgan fingerprint density at radius 2 is 2.24 bits per heavy atom. The van der Waals surface area contributed by atoms with Crippen LogP contribution in [0.2, 0.25) is 0 Å². The molecule has 0 radical (unpaired) electrons. The van der Waals surface area contributed by atoms with E-state index in [1.54, 1.807) is 19.3 Å². The Kier molecular flexibility index (Phi) is 5.82. The van der Waals surface area contributed by atoms with E-state index in [-0.39, 0.29) is 5.97 Å². The van der Waals surface area contributed by atoms with Gasteiger partial charge in [-0.2, -0.15) is 5.10 Å². The highest BCUT2D eigenvalue weighted by molar-refractivity contribution is 5.88. The van der Waals surface area contributed by atoms with Crippen LogP contribution in [0.5, 0.6) is 0 Å². The van der Waals surface area contributed by atoms with E-state index >= 15 is 0 Å². The van der Waals surface area contributed by atoms with Gasteiger partial charge in [0.2, 0.25) is 0 Å². The average Bonchev–Trinajstić information content (AvgIpc) is 2.98. The second-order valence-corrected chi connectivity index (χ2v) is 5.18. The van der Waals surface area contributed by atoms with Crippen molar-refractivity contribution in [3.63, 3.8) is 0 Å². The van der Waals surface area contributed by atoms with E-state index in [1.165, 1.54) is 0 Å². The van der Waals surface area contributed by atoms with Gasteiger partial charge in [0.1, 0.15) is 0 Å². The summed E-state index contributed by atoms with van der Waals surface area (Å²) in [6.45, 7) is 2.81. The Labute approximate surface area is 125 Å². The van der Waals surface area contributed by atoms with Gasteiger partial charge in [-0.25, -0.2) is 4.79 Å². The van der Waals surface area contributed by atoms with Crippen LogP contribution in [-0.4, -0.2) is 35.1 Å². The van der Waals surface area contributed by atoms with Crippen LogP contribution in [0.15, 0.2) is 12.4 Å². The summed E-state index contributed by atoms with van der Waals surface area (Å²) in [4.78, 5) is 11.6. The van der Waals surface area contributed by atoms with Crippen LogP contribution in [0.4, 0.5) is 0 Å². The molecule has 2 rings (SSSR count). The maximum atomic E-state index is 11.6. The van der Waals surface area contributed by atoms with E-state index in [1.807, 2.05) is 4.68 Å². The van der Waals surface area contributed by atoms with Gasteiger partial charge in [0.15, 0.2) is 0 Å². The summed E-state index contributed by atoms with van der Waals surface area (Å²) in [5.74, 6) is 2.27. The highest BCUT2D eigenvalue weighted by atomic mass is 16.5. The lowest BCUT2D eigenvalue weighted by Gasteiger charge is -2.28. The molecule has 1 aromatic heterocycles. The second-order valence-electron chi connectivity index (χ2n) is 5.18. The molecular weight excluding hydrogens is 268 g/mol. The summed E-state index contributed by atoms with van der Waals surface area (Å²) in [6.07, 6.45) is 13.6. The molecule has 1 aliphatic rings. The molecule has 1 aliphatic carbocycles. The predicted octanol–water partition coefficient (Wildman–Crippen LogP) is 2.58. The first kappa shape index (κ1) is 15.6. The van der Waals surface area contributed by atoms with Gasteiger partial charge in [0.25, 0.3) is 0 Å². The van der Waals surface area contributed by atoms with Gasteiger partial charge in [0.05, 0.1) is 37.1 Å². The monoisotopic (exact) mass is 290 g/mol. The van der Waals surface area contributed by atoms with Crippen molar-refractivity contribution in [1.29, 1.82) is 0 Å². The number of rotatable bonds is 6. The predicted molar refractivity (Wildman–Crippen MR) is 78.9 cm³/mol. The number of hydrogen-bond acceptors (Lipinski definition) is 4. The molecule has 0 atom stereocenters. The van der Waals surface area contributed by atoms with Crippen LogP contribution in [-0.2, 0) is 9.47 Å². The number of esters is 1. The zero-order valence-electron chi connectivity index (χ0n) is 12.5. The summed E-state index contributed by atoms with van der Waals surface area (Å²) < 4.78 is 12.6. The van der Waals surface area contributed by atoms with Crippen LogP contribution in [0.25, 0.3) is 0 Å². The number of nitrogens with zero attached hydrogens (tertiary/aromatic N) is 2. The smallest absolute Gasteiger partial charge is 0.341 e. The van der Waals surface area contributed by atoms with Crippen LogP contribution in [0.3, 0.4) is 0 Å². The molecule has 0 unspecified atom stereocenters. The third-order valence-corrected chi connectivity index (χ3v) is 3.73. The van der Waals surface area contributed by atoms with Gasteiger partial charge < -0.3 is 9.47 Å². The molecule has 0 N–H and O–H groups in total. The Morgan fingerprint density at radius 3 is 2.90 bits per heavy atom. The Bertz CT molecular complexity index is 496. The molecule has 0 spiro atoms. The van der Waals surface area contributed by atoms with Gasteiger partial charge in [0, 0.05) is 12.6 Å². The van der Waals surface area contributed by atoms with Crippen molar-refractivity contribution in [1.82, 2.24) is 9.78 Å². The fraction of sp³-hybridized carbons (Fsp3) is 0.625. The lowest BCUT2D eigenvalue weighted by Crippen LogP contribution is -2.24. The molecule has 0 aliphatic heterocycles. The Hall–Kier alpha value is -1.80. The fourth-order valence-electron chi connectivity index (χ4n) is 2.62. The molecule has 5 nitrogen and oxygen atoms in total. The largest absolute Gasteiger partial charge is 0.462 e. The molecule has 114 valence electrons. The van der Waals surface area contributed by atoms with Gasteiger partial charge in [-0.05, 0) is 32.6 Å². The lowest BCUT2D eigenvalue weighted by molar-refractivity contribution is 0.0215. The van der Waals surface area contributed by atoms with Crippen LogP contribution < -0.4 is 0 Å². The molecule has 1 saturated carbocycles. The average molecular weight is 290 g/mol. The highest BCUT2D eigenvalue weighted by Crippen LogP contribution is 2.29. The van der Waals surface area contributed by atoms with Crippen molar-refractivity contribution in [2.24, 2.45) is 0 Å². The summed E-state index contributed by atoms with van der Waals surface area (Å²) in [7, 11) is 0. The van der Waals surface area contributed by atoms with Crippen LogP contribution >= 0.6 is 0 Å². The molecular formula is C16H22N2O3. The molecule has 0 saturated heterocycles. The maximum absolute atomic E-state index is 11.6. The molecule has 1 fully saturated rings. The number of ether oxygens (including phenoxy) is 2. The van der Waals surface area contributed by atoms with E-state index in [0.29, 0.717) is 37.3 Å². The van der Waals surface area contributed by atoms with Crippen molar-refractivity contribution in [3.8, 4) is 12.3 Å². The van der Waals surface area contributed by atoms with Crippen molar-refractivity contribution in [3.05, 3.63) is 18.0 Å². The van der Waals surface area contributed by atoms with E-state index in [4.69, 9.17) is 15.9 Å². The molecule has 0 bridgehead atoms. The highest BCUT2D eigenvalue weighted by Gasteiger charge is 2.24. The van der Waals surface area contributed by atoms with Crippen LogP contribution in [0.1, 0.15) is 55.4 Å². The SMILES string of the molecule is C#CCCOC1CCC(n2cc(C(=O)OCC)cn2)CC1.